The van der Waals surface area contributed by atoms with E-state index in [4.69, 9.17) is 4.74 Å². The molecule has 0 unspecified atom stereocenters. The highest BCUT2D eigenvalue weighted by Crippen LogP contribution is 2.33. The fourth-order valence-corrected chi connectivity index (χ4v) is 6.69. The van der Waals surface area contributed by atoms with Gasteiger partial charge in [0.25, 0.3) is 17.6 Å². The lowest BCUT2D eigenvalue weighted by Gasteiger charge is -2.28. The van der Waals surface area contributed by atoms with Crippen LogP contribution in [0.4, 0.5) is 0 Å². The van der Waals surface area contributed by atoms with Crippen molar-refractivity contribution in [1.82, 2.24) is 39.8 Å². The van der Waals surface area contributed by atoms with Gasteiger partial charge in [-0.2, -0.15) is 9.94 Å². The number of carbonyl (C=O) groups excluding carboxylic acids is 3. The first kappa shape index (κ1) is 33.5. The second kappa shape index (κ2) is 14.8. The van der Waals surface area contributed by atoms with Gasteiger partial charge in [0.2, 0.25) is 5.82 Å². The number of piperidine rings is 1. The number of fused-ring (bicyclic) bond motifs is 1. The summed E-state index contributed by atoms with van der Waals surface area (Å²) in [5.74, 6) is -1.31. The number of hydrogen-bond acceptors (Lipinski definition) is 10. The summed E-state index contributed by atoms with van der Waals surface area (Å²) in [6, 6.07) is 11.6. The topological polar surface area (TPSA) is 182 Å². The third kappa shape index (κ3) is 6.81. The molecule has 2 aliphatic rings. The van der Waals surface area contributed by atoms with Crippen molar-refractivity contribution in [3.8, 4) is 17.6 Å². The van der Waals surface area contributed by atoms with Crippen molar-refractivity contribution in [2.45, 2.75) is 51.1 Å². The van der Waals surface area contributed by atoms with Crippen molar-refractivity contribution in [1.29, 1.82) is 5.26 Å². The first-order valence-corrected chi connectivity index (χ1v) is 16.5. The van der Waals surface area contributed by atoms with E-state index in [9.17, 15) is 24.8 Å². The van der Waals surface area contributed by atoms with Crippen LogP contribution in [0, 0.1) is 11.3 Å². The molecule has 2 atom stereocenters. The largest absolute Gasteiger partial charge is 0.494 e. The van der Waals surface area contributed by atoms with Gasteiger partial charge in [0.1, 0.15) is 12.1 Å². The predicted molar refractivity (Wildman–Crippen MR) is 180 cm³/mol. The Morgan fingerprint density at radius 2 is 1.94 bits per heavy atom. The molecule has 14 heteroatoms. The van der Waals surface area contributed by atoms with Gasteiger partial charge in [-0.05, 0) is 43.4 Å². The number of likely N-dealkylation sites (tertiary alicyclic amines) is 2. The van der Waals surface area contributed by atoms with E-state index < -0.39 is 17.6 Å². The molecular weight excluding hydrogens is 626 g/mol. The summed E-state index contributed by atoms with van der Waals surface area (Å²) in [7, 11) is 1.45. The molecule has 0 bridgehead atoms. The Bertz CT molecular complexity index is 1920. The zero-order chi connectivity index (χ0) is 34.5. The minimum absolute atomic E-state index is 0.00361. The summed E-state index contributed by atoms with van der Waals surface area (Å²) in [6.07, 6.45) is 7.91. The number of nitriles is 1. The molecule has 0 saturated carbocycles. The van der Waals surface area contributed by atoms with Crippen LogP contribution < -0.4 is 10.1 Å². The molecule has 0 spiro atoms. The number of nitrogens with zero attached hydrogens (tertiary/aromatic N) is 7. The normalized spacial score (nSPS) is 18.0. The molecule has 49 heavy (non-hydrogen) atoms. The molecule has 2 fully saturated rings. The summed E-state index contributed by atoms with van der Waals surface area (Å²) < 4.78 is 6.86. The van der Waals surface area contributed by atoms with Gasteiger partial charge in [-0.3, -0.25) is 19.3 Å². The van der Waals surface area contributed by atoms with Gasteiger partial charge >= 0.3 is 0 Å². The van der Waals surface area contributed by atoms with E-state index in [0.29, 0.717) is 55.4 Å². The number of amides is 2. The number of ketones is 1. The Labute approximate surface area is 283 Å². The van der Waals surface area contributed by atoms with Crippen molar-refractivity contribution in [2.24, 2.45) is 0 Å². The van der Waals surface area contributed by atoms with Crippen LogP contribution in [-0.4, -0.2) is 109 Å². The number of rotatable bonds is 11. The fourth-order valence-electron chi connectivity index (χ4n) is 6.69. The van der Waals surface area contributed by atoms with Crippen LogP contribution in [0.15, 0.2) is 54.6 Å². The van der Waals surface area contributed by atoms with E-state index in [-0.39, 0.29) is 41.6 Å². The molecule has 4 aromatic rings. The number of aliphatic hydroxyl groups excluding tert-OH is 1. The number of hydrogen-bond donors (Lipinski definition) is 3. The number of benzene rings is 1. The molecule has 2 amide bonds. The molecule has 6 rings (SSSR count). The molecule has 3 aromatic heterocycles. The third-order valence-electron chi connectivity index (χ3n) is 9.28. The van der Waals surface area contributed by atoms with Gasteiger partial charge in [0.15, 0.2) is 5.82 Å². The summed E-state index contributed by atoms with van der Waals surface area (Å²) >= 11 is 0. The van der Waals surface area contributed by atoms with Crippen LogP contribution >= 0.6 is 0 Å². The monoisotopic (exact) mass is 665 g/mol. The highest BCUT2D eigenvalue weighted by molar-refractivity contribution is 6.45. The summed E-state index contributed by atoms with van der Waals surface area (Å²) in [5.41, 5.74) is 2.91. The smallest absolute Gasteiger partial charge is 0.295 e. The number of aromatic nitrogens is 5. The number of pyridine rings is 1. The van der Waals surface area contributed by atoms with Crippen molar-refractivity contribution < 1.29 is 24.2 Å². The maximum atomic E-state index is 13.7. The van der Waals surface area contributed by atoms with Crippen molar-refractivity contribution >= 4 is 34.1 Å². The second-order valence-corrected chi connectivity index (χ2v) is 12.3. The Morgan fingerprint density at radius 3 is 2.63 bits per heavy atom. The number of carbonyl (C=O) groups is 3. The number of unbranched alkanes of at least 4 members (excludes halogenated alkanes) is 1. The molecular formula is C35H39N9O5. The van der Waals surface area contributed by atoms with Crippen molar-refractivity contribution in [3.05, 3.63) is 71.6 Å². The predicted octanol–water partition coefficient (Wildman–Crippen LogP) is 2.90. The number of nitrogens with one attached hydrogen (secondary N) is 2. The van der Waals surface area contributed by atoms with Crippen LogP contribution in [0.2, 0.25) is 0 Å². The van der Waals surface area contributed by atoms with E-state index >= 15 is 0 Å². The van der Waals surface area contributed by atoms with E-state index in [1.165, 1.54) is 35.4 Å². The molecule has 1 aromatic carbocycles. The molecule has 0 radical (unpaired) electrons. The number of aliphatic hydroxyl groups is 1. The van der Waals surface area contributed by atoms with Gasteiger partial charge in [0, 0.05) is 37.9 Å². The van der Waals surface area contributed by atoms with Crippen LogP contribution in [0.25, 0.3) is 22.3 Å². The molecule has 2 saturated heterocycles. The number of H-pyrrole nitrogens is 1. The Kier molecular flexibility index (Phi) is 10.1. The van der Waals surface area contributed by atoms with E-state index in [0.717, 1.165) is 30.5 Å². The molecule has 254 valence electrons. The maximum Gasteiger partial charge on any atom is 0.295 e. The van der Waals surface area contributed by atoms with E-state index in [2.05, 4.69) is 43.3 Å². The average Bonchev–Trinajstić information content (AvgIpc) is 3.90. The van der Waals surface area contributed by atoms with Crippen molar-refractivity contribution in [2.75, 3.05) is 39.9 Å². The van der Waals surface area contributed by atoms with Gasteiger partial charge in [-0.15, -0.1) is 5.10 Å². The van der Waals surface area contributed by atoms with E-state index in [1.54, 1.807) is 0 Å². The molecule has 0 aliphatic carbocycles. The number of Topliss-reactive ketones (excluding diaryl/α,β-unsaturated/α-hetero) is 1. The highest BCUT2D eigenvalue weighted by atomic mass is 16.5. The van der Waals surface area contributed by atoms with Crippen molar-refractivity contribution in [3.63, 3.8) is 0 Å². The molecule has 14 nitrogen and oxygen atoms in total. The average molecular weight is 666 g/mol. The highest BCUT2D eigenvalue weighted by Gasteiger charge is 2.33. The van der Waals surface area contributed by atoms with Crippen LogP contribution in [-0.2, 0) is 4.79 Å². The summed E-state index contributed by atoms with van der Waals surface area (Å²) in [6.45, 7) is 4.27. The number of ether oxygens (including phenoxy) is 1. The van der Waals surface area contributed by atoms with Crippen LogP contribution in [0.3, 0.4) is 0 Å². The fraction of sp³-hybridized carbons (Fsp3) is 0.400. The lowest BCUT2D eigenvalue weighted by Crippen LogP contribution is -2.40. The van der Waals surface area contributed by atoms with Crippen LogP contribution in [0.5, 0.6) is 5.75 Å². The standard InChI is InChI=1S/C35H39N9O5/c1-3-4-12-43-19-24(15-25(43)20-45)40-34(47)32-39-21-44(41-32)33-30-29(28(49-2)18-38-33)27(17-37-30)31(46)35(48)42-13-10-23(11-14-42)26(16-36)22-8-6-5-7-9-22/h5-9,17-18,21,24-25,37,45H,3-4,10-15,19-20H2,1-2H3,(H,40,47)/t24-,25-/m0/s1. The molecule has 5 heterocycles. The SMILES string of the molecule is CCCCN1C[C@@H](NC(=O)c2ncn(-c3ncc(OC)c4c(C(=O)C(=O)N5CCC(=C(C#N)c6ccccc6)CC5)c[nH]c34)n2)C[C@H]1CO. The number of allylic oxidation sites excluding steroid dienone is 1. The minimum Gasteiger partial charge on any atom is -0.494 e. The van der Waals surface area contributed by atoms with Gasteiger partial charge in [-0.25, -0.2) is 9.97 Å². The first-order chi connectivity index (χ1) is 23.9. The second-order valence-electron chi connectivity index (χ2n) is 12.3. The Morgan fingerprint density at radius 1 is 1.16 bits per heavy atom. The lowest BCUT2D eigenvalue weighted by atomic mass is 9.93. The van der Waals surface area contributed by atoms with Crippen LogP contribution in [0.1, 0.15) is 65.6 Å². The molecule has 2 aliphatic heterocycles. The van der Waals surface area contributed by atoms with Gasteiger partial charge in [0.05, 0.1) is 48.0 Å². The molecule has 3 N–H and O–H groups in total. The summed E-state index contributed by atoms with van der Waals surface area (Å²) in [5, 5.41) is 27.3. The number of methoxy groups -OCH3 is 1. The Hall–Kier alpha value is -5.39. The van der Waals surface area contributed by atoms with E-state index in [1.807, 2.05) is 30.3 Å². The number of aromatic amines is 1. The zero-order valence-electron chi connectivity index (χ0n) is 27.6. The van der Waals surface area contributed by atoms with Gasteiger partial charge in [-0.1, -0.05) is 43.7 Å². The first-order valence-electron chi connectivity index (χ1n) is 16.5. The van der Waals surface area contributed by atoms with Gasteiger partial charge < -0.3 is 25.0 Å². The Balaban J connectivity index is 1.18. The third-order valence-corrected chi connectivity index (χ3v) is 9.28. The minimum atomic E-state index is -0.706. The quantitative estimate of drug-likeness (QED) is 0.122. The lowest BCUT2D eigenvalue weighted by molar-refractivity contribution is -0.126. The summed E-state index contributed by atoms with van der Waals surface area (Å²) in [4.78, 5) is 55.7. The zero-order valence-corrected chi connectivity index (χ0v) is 27.6. The maximum absolute atomic E-state index is 13.7.